The van der Waals surface area contributed by atoms with Crippen LogP contribution in [0.3, 0.4) is 0 Å². The molecule has 24 heavy (non-hydrogen) atoms. The van der Waals surface area contributed by atoms with Crippen molar-refractivity contribution in [1.29, 1.82) is 0 Å². The summed E-state index contributed by atoms with van der Waals surface area (Å²) in [6.45, 7) is 1.98. The molecule has 3 nitrogen and oxygen atoms in total. The molecule has 4 rings (SSSR count). The molecule has 2 fully saturated rings. The van der Waals surface area contributed by atoms with Gasteiger partial charge in [0.1, 0.15) is 0 Å². The quantitative estimate of drug-likeness (QED) is 0.774. The summed E-state index contributed by atoms with van der Waals surface area (Å²) in [6, 6.07) is 17.3. The SMILES string of the molecule is Cc1ccc(S(=O)(=O)N2C(c3ccccc3)C23CCCCC3)cc1. The van der Waals surface area contributed by atoms with Crippen LogP contribution in [0.25, 0.3) is 0 Å². The topological polar surface area (TPSA) is 37.1 Å². The molecule has 1 aliphatic carbocycles. The Morgan fingerprint density at radius 3 is 2.17 bits per heavy atom. The first kappa shape index (κ1) is 15.9. The van der Waals surface area contributed by atoms with Gasteiger partial charge < -0.3 is 0 Å². The molecule has 2 aromatic carbocycles. The van der Waals surface area contributed by atoms with E-state index in [2.05, 4.69) is 12.1 Å². The highest BCUT2D eigenvalue weighted by atomic mass is 32.2. The molecule has 0 aromatic heterocycles. The molecule has 126 valence electrons. The standard InChI is InChI=1S/C20H23NO2S/c1-16-10-12-18(13-11-16)24(22,23)21-19(17-8-4-2-5-9-17)20(21)14-6-3-7-15-20/h2,4-5,8-13,19H,3,6-7,14-15H2,1H3. The Bertz CT molecular complexity index is 822. The van der Waals surface area contributed by atoms with Crippen LogP contribution in [0.4, 0.5) is 0 Å². The molecule has 1 aliphatic heterocycles. The van der Waals surface area contributed by atoms with Gasteiger partial charge in [0.15, 0.2) is 0 Å². The molecule has 1 saturated carbocycles. The second-order valence-corrected chi connectivity index (χ2v) is 8.91. The Hall–Kier alpha value is -1.65. The van der Waals surface area contributed by atoms with Gasteiger partial charge in [0.25, 0.3) is 0 Å². The van der Waals surface area contributed by atoms with Gasteiger partial charge >= 0.3 is 0 Å². The van der Waals surface area contributed by atoms with Crippen molar-refractivity contribution in [3.63, 3.8) is 0 Å². The van der Waals surface area contributed by atoms with Crippen LogP contribution >= 0.6 is 0 Å². The molecule has 4 heteroatoms. The average molecular weight is 341 g/mol. The molecule has 2 aliphatic rings. The summed E-state index contributed by atoms with van der Waals surface area (Å²) in [6.07, 6.45) is 5.38. The fourth-order valence-corrected chi connectivity index (χ4v) is 6.30. The predicted molar refractivity (Wildman–Crippen MR) is 95.2 cm³/mol. The van der Waals surface area contributed by atoms with Gasteiger partial charge in [-0.2, -0.15) is 4.31 Å². The summed E-state index contributed by atoms with van der Waals surface area (Å²) in [5.74, 6) is 0. The van der Waals surface area contributed by atoms with Gasteiger partial charge in [-0.05, 0) is 37.5 Å². The minimum atomic E-state index is -3.45. The third-order valence-electron chi connectivity index (χ3n) is 5.53. The van der Waals surface area contributed by atoms with E-state index in [9.17, 15) is 8.42 Å². The van der Waals surface area contributed by atoms with Crippen molar-refractivity contribution in [1.82, 2.24) is 4.31 Å². The maximum atomic E-state index is 13.3. The summed E-state index contributed by atoms with van der Waals surface area (Å²) in [4.78, 5) is 0.413. The zero-order chi connectivity index (χ0) is 16.8. The van der Waals surface area contributed by atoms with Crippen molar-refractivity contribution >= 4 is 10.0 Å². The van der Waals surface area contributed by atoms with Crippen LogP contribution in [-0.2, 0) is 10.0 Å². The van der Waals surface area contributed by atoms with E-state index in [1.54, 1.807) is 16.4 Å². The van der Waals surface area contributed by atoms with Gasteiger partial charge in [-0.15, -0.1) is 0 Å². The summed E-state index contributed by atoms with van der Waals surface area (Å²) in [5, 5.41) is 0. The van der Waals surface area contributed by atoms with Crippen molar-refractivity contribution in [2.75, 3.05) is 0 Å². The number of aryl methyl sites for hydroxylation is 1. The zero-order valence-corrected chi connectivity index (χ0v) is 14.8. The summed E-state index contributed by atoms with van der Waals surface area (Å²) >= 11 is 0. The van der Waals surface area contributed by atoms with Crippen LogP contribution in [0.2, 0.25) is 0 Å². The van der Waals surface area contributed by atoms with Crippen molar-refractivity contribution in [2.24, 2.45) is 0 Å². The second kappa shape index (κ2) is 5.71. The maximum absolute atomic E-state index is 13.3. The largest absolute Gasteiger partial charge is 0.244 e. The van der Waals surface area contributed by atoms with Crippen LogP contribution in [0.1, 0.15) is 49.3 Å². The van der Waals surface area contributed by atoms with E-state index < -0.39 is 10.0 Å². The van der Waals surface area contributed by atoms with Gasteiger partial charge in [-0.25, -0.2) is 8.42 Å². The lowest BCUT2D eigenvalue weighted by Gasteiger charge is -2.22. The Labute approximate surface area is 144 Å². The smallest absolute Gasteiger partial charge is 0.207 e. The van der Waals surface area contributed by atoms with E-state index in [0.717, 1.165) is 36.8 Å². The van der Waals surface area contributed by atoms with Crippen molar-refractivity contribution in [3.05, 3.63) is 65.7 Å². The predicted octanol–water partition coefficient (Wildman–Crippen LogP) is 4.44. The van der Waals surface area contributed by atoms with Gasteiger partial charge in [0.05, 0.1) is 16.5 Å². The Morgan fingerprint density at radius 2 is 1.54 bits per heavy atom. The molecule has 2 aromatic rings. The third kappa shape index (κ3) is 2.40. The molecule has 0 amide bonds. The van der Waals surface area contributed by atoms with Gasteiger partial charge in [-0.3, -0.25) is 0 Å². The molecule has 2 atom stereocenters. The first-order valence-corrected chi connectivity index (χ1v) is 10.2. The fraction of sp³-hybridized carbons (Fsp3) is 0.400. The maximum Gasteiger partial charge on any atom is 0.244 e. The highest BCUT2D eigenvalue weighted by Crippen LogP contribution is 2.62. The molecule has 0 N–H and O–H groups in total. The molecular formula is C20H23NO2S. The number of benzene rings is 2. The van der Waals surface area contributed by atoms with Crippen molar-refractivity contribution in [2.45, 2.75) is 55.5 Å². The van der Waals surface area contributed by atoms with Crippen LogP contribution in [0.5, 0.6) is 0 Å². The summed E-state index contributed by atoms with van der Waals surface area (Å²) < 4.78 is 28.4. The van der Waals surface area contributed by atoms with E-state index in [1.807, 2.05) is 37.3 Å². The lowest BCUT2D eigenvalue weighted by molar-refractivity contribution is 0.363. The molecule has 1 spiro atoms. The highest BCUT2D eigenvalue weighted by molar-refractivity contribution is 7.89. The van der Waals surface area contributed by atoms with Crippen LogP contribution in [-0.4, -0.2) is 18.3 Å². The lowest BCUT2D eigenvalue weighted by atomic mass is 9.84. The van der Waals surface area contributed by atoms with Gasteiger partial charge in [0.2, 0.25) is 10.0 Å². The van der Waals surface area contributed by atoms with E-state index in [1.165, 1.54) is 6.42 Å². The molecule has 2 unspecified atom stereocenters. The summed E-state index contributed by atoms with van der Waals surface area (Å²) in [7, 11) is -3.45. The average Bonchev–Trinajstić information content (AvgIpc) is 3.25. The van der Waals surface area contributed by atoms with E-state index in [-0.39, 0.29) is 11.6 Å². The Balaban J connectivity index is 1.76. The minimum Gasteiger partial charge on any atom is -0.207 e. The number of hydrogen-bond acceptors (Lipinski definition) is 2. The van der Waals surface area contributed by atoms with Crippen molar-refractivity contribution < 1.29 is 8.42 Å². The molecule has 0 radical (unpaired) electrons. The normalized spacial score (nSPS) is 25.5. The monoisotopic (exact) mass is 341 g/mol. The lowest BCUT2D eigenvalue weighted by Crippen LogP contribution is -2.26. The first-order valence-electron chi connectivity index (χ1n) is 8.72. The third-order valence-corrected chi connectivity index (χ3v) is 7.49. The Morgan fingerprint density at radius 1 is 0.917 bits per heavy atom. The number of nitrogens with zero attached hydrogens (tertiary/aromatic N) is 1. The van der Waals surface area contributed by atoms with Gasteiger partial charge in [-0.1, -0.05) is 67.3 Å². The van der Waals surface area contributed by atoms with Crippen LogP contribution in [0.15, 0.2) is 59.5 Å². The number of rotatable bonds is 3. The second-order valence-electron chi connectivity index (χ2n) is 7.09. The molecule has 1 saturated heterocycles. The van der Waals surface area contributed by atoms with E-state index in [4.69, 9.17) is 0 Å². The zero-order valence-electron chi connectivity index (χ0n) is 14.0. The molecule has 0 bridgehead atoms. The fourth-order valence-electron chi connectivity index (χ4n) is 4.29. The first-order chi connectivity index (χ1) is 11.6. The number of hydrogen-bond donors (Lipinski definition) is 0. The van der Waals surface area contributed by atoms with E-state index >= 15 is 0 Å². The van der Waals surface area contributed by atoms with E-state index in [0.29, 0.717) is 4.90 Å². The Kier molecular flexibility index (Phi) is 3.77. The van der Waals surface area contributed by atoms with Gasteiger partial charge in [0, 0.05) is 0 Å². The minimum absolute atomic E-state index is 0.00898. The molecular weight excluding hydrogens is 318 g/mol. The van der Waals surface area contributed by atoms with Crippen molar-refractivity contribution in [3.8, 4) is 0 Å². The van der Waals surface area contributed by atoms with Crippen LogP contribution < -0.4 is 0 Å². The highest BCUT2D eigenvalue weighted by Gasteiger charge is 2.68. The number of sulfonamides is 1. The summed E-state index contributed by atoms with van der Waals surface area (Å²) in [5.41, 5.74) is 1.99. The molecule has 1 heterocycles. The van der Waals surface area contributed by atoms with Crippen LogP contribution in [0, 0.1) is 6.92 Å².